The summed E-state index contributed by atoms with van der Waals surface area (Å²) in [5, 5.41) is 3.11. The smallest absolute Gasteiger partial charge is 0.129 e. The SMILES string of the molecule is CCC(C)=O.CCNCC.S. The van der Waals surface area contributed by atoms with Gasteiger partial charge >= 0.3 is 0 Å². The third-order valence-electron chi connectivity index (χ3n) is 0.998. The Morgan fingerprint density at radius 2 is 1.45 bits per heavy atom. The van der Waals surface area contributed by atoms with Crippen molar-refractivity contribution in [2.24, 2.45) is 0 Å². The van der Waals surface area contributed by atoms with Crippen LogP contribution in [-0.2, 0) is 4.79 Å². The summed E-state index contributed by atoms with van der Waals surface area (Å²) in [6.07, 6.45) is 0.667. The molecule has 0 rings (SSSR count). The van der Waals surface area contributed by atoms with Crippen molar-refractivity contribution >= 4 is 19.3 Å². The summed E-state index contributed by atoms with van der Waals surface area (Å²) in [5.41, 5.74) is 0. The predicted octanol–water partition coefficient (Wildman–Crippen LogP) is 1.71. The fourth-order valence-electron chi connectivity index (χ4n) is 0.250. The van der Waals surface area contributed by atoms with Crippen LogP contribution in [0.1, 0.15) is 34.1 Å². The minimum Gasteiger partial charge on any atom is -0.317 e. The number of ketones is 1. The van der Waals surface area contributed by atoms with Crippen LogP contribution in [0.2, 0.25) is 0 Å². The number of hydrogen-bond acceptors (Lipinski definition) is 2. The maximum absolute atomic E-state index is 9.81. The lowest BCUT2D eigenvalue weighted by molar-refractivity contribution is -0.116. The minimum absolute atomic E-state index is 0. The summed E-state index contributed by atoms with van der Waals surface area (Å²) in [6.45, 7) is 9.82. The van der Waals surface area contributed by atoms with Crippen molar-refractivity contribution in [1.82, 2.24) is 5.32 Å². The van der Waals surface area contributed by atoms with Crippen molar-refractivity contribution in [3.05, 3.63) is 0 Å². The second-order valence-electron chi connectivity index (χ2n) is 2.01. The number of nitrogens with one attached hydrogen (secondary N) is 1. The fraction of sp³-hybridized carbons (Fsp3) is 0.875. The van der Waals surface area contributed by atoms with Gasteiger partial charge < -0.3 is 10.1 Å². The number of Topliss-reactive ketones (excluding diaryl/α,β-unsaturated/α-hetero) is 1. The topological polar surface area (TPSA) is 29.1 Å². The predicted molar refractivity (Wildman–Crippen MR) is 55.6 cm³/mol. The largest absolute Gasteiger partial charge is 0.317 e. The van der Waals surface area contributed by atoms with Crippen LogP contribution in [0.5, 0.6) is 0 Å². The number of carbonyl (C=O) groups is 1. The van der Waals surface area contributed by atoms with Gasteiger partial charge in [-0.15, -0.1) is 0 Å². The molecule has 3 heteroatoms. The van der Waals surface area contributed by atoms with Gasteiger partial charge in [0.25, 0.3) is 0 Å². The van der Waals surface area contributed by atoms with Crippen LogP contribution in [0, 0.1) is 0 Å². The Labute approximate surface area is 77.2 Å². The lowest BCUT2D eigenvalue weighted by Gasteiger charge is -1.86. The average molecular weight is 179 g/mol. The Balaban J connectivity index is -0.000000107. The summed E-state index contributed by atoms with van der Waals surface area (Å²) in [6, 6.07) is 0. The second kappa shape index (κ2) is 16.5. The molecule has 0 spiro atoms. The van der Waals surface area contributed by atoms with Gasteiger partial charge in [-0.2, -0.15) is 13.5 Å². The standard InChI is InChI=1S/C4H11N.C4H8O.H2S/c1-3-5-4-2;1-3-4(2)5;/h5H,3-4H2,1-2H3;3H2,1-2H3;1H2. The summed E-state index contributed by atoms with van der Waals surface area (Å²) in [5.74, 6) is 0.255. The van der Waals surface area contributed by atoms with Crippen LogP contribution >= 0.6 is 13.5 Å². The van der Waals surface area contributed by atoms with E-state index in [9.17, 15) is 4.79 Å². The molecule has 0 atom stereocenters. The molecular formula is C8H21NOS. The first-order valence-corrected chi connectivity index (χ1v) is 3.89. The highest BCUT2D eigenvalue weighted by Gasteiger charge is 1.76. The molecule has 0 radical (unpaired) electrons. The van der Waals surface area contributed by atoms with Gasteiger partial charge in [0, 0.05) is 6.42 Å². The molecule has 0 fully saturated rings. The summed E-state index contributed by atoms with van der Waals surface area (Å²) >= 11 is 0. The zero-order chi connectivity index (χ0) is 8.41. The third-order valence-corrected chi connectivity index (χ3v) is 0.998. The molecule has 0 heterocycles. The van der Waals surface area contributed by atoms with Crippen molar-refractivity contribution in [2.75, 3.05) is 13.1 Å². The molecule has 0 aromatic heterocycles. The molecule has 0 saturated carbocycles. The van der Waals surface area contributed by atoms with E-state index in [0.29, 0.717) is 6.42 Å². The van der Waals surface area contributed by atoms with Crippen molar-refractivity contribution in [1.29, 1.82) is 0 Å². The Morgan fingerprint density at radius 1 is 1.18 bits per heavy atom. The van der Waals surface area contributed by atoms with E-state index < -0.39 is 0 Å². The highest BCUT2D eigenvalue weighted by atomic mass is 32.1. The third kappa shape index (κ3) is 40.1. The molecule has 0 saturated heterocycles. The summed E-state index contributed by atoms with van der Waals surface area (Å²) < 4.78 is 0. The first kappa shape index (κ1) is 17.2. The van der Waals surface area contributed by atoms with Gasteiger partial charge in [-0.1, -0.05) is 20.8 Å². The average Bonchev–Trinajstić information content (AvgIpc) is 1.91. The van der Waals surface area contributed by atoms with Crippen molar-refractivity contribution < 1.29 is 4.79 Å². The molecule has 0 amide bonds. The summed E-state index contributed by atoms with van der Waals surface area (Å²) in [4.78, 5) is 9.81. The second-order valence-corrected chi connectivity index (χ2v) is 2.01. The molecule has 0 aliphatic carbocycles. The van der Waals surface area contributed by atoms with Crippen LogP contribution in [0.15, 0.2) is 0 Å². The molecule has 0 aromatic rings. The van der Waals surface area contributed by atoms with E-state index >= 15 is 0 Å². The van der Waals surface area contributed by atoms with E-state index in [1.807, 2.05) is 6.92 Å². The van der Waals surface area contributed by atoms with Gasteiger partial charge in [0.1, 0.15) is 5.78 Å². The first-order valence-electron chi connectivity index (χ1n) is 3.89. The highest BCUT2D eigenvalue weighted by Crippen LogP contribution is 1.71. The van der Waals surface area contributed by atoms with E-state index in [4.69, 9.17) is 0 Å². The molecule has 1 N–H and O–H groups in total. The molecule has 2 nitrogen and oxygen atoms in total. The number of carbonyl (C=O) groups excluding carboxylic acids is 1. The van der Waals surface area contributed by atoms with E-state index in [1.165, 1.54) is 0 Å². The molecular weight excluding hydrogens is 158 g/mol. The van der Waals surface area contributed by atoms with Gasteiger partial charge in [-0.25, -0.2) is 0 Å². The highest BCUT2D eigenvalue weighted by molar-refractivity contribution is 7.59. The van der Waals surface area contributed by atoms with Gasteiger partial charge in [0.15, 0.2) is 0 Å². The van der Waals surface area contributed by atoms with Crippen LogP contribution in [0.25, 0.3) is 0 Å². The molecule has 0 unspecified atom stereocenters. The maximum atomic E-state index is 9.81. The lowest BCUT2D eigenvalue weighted by atomic mass is 10.4. The zero-order valence-electron chi connectivity index (χ0n) is 8.03. The molecule has 0 aromatic carbocycles. The van der Waals surface area contributed by atoms with E-state index in [2.05, 4.69) is 19.2 Å². The van der Waals surface area contributed by atoms with Crippen molar-refractivity contribution in [3.8, 4) is 0 Å². The number of rotatable bonds is 3. The quantitative estimate of drug-likeness (QED) is 0.714. The zero-order valence-corrected chi connectivity index (χ0v) is 9.03. The van der Waals surface area contributed by atoms with E-state index in [0.717, 1.165) is 13.1 Å². The van der Waals surface area contributed by atoms with Gasteiger partial charge in [-0.3, -0.25) is 0 Å². The lowest BCUT2D eigenvalue weighted by Crippen LogP contribution is -2.09. The Kier molecular flexibility index (Phi) is 25.8. The molecule has 70 valence electrons. The van der Waals surface area contributed by atoms with E-state index in [-0.39, 0.29) is 19.3 Å². The Hall–Kier alpha value is -0.0200. The van der Waals surface area contributed by atoms with Gasteiger partial charge in [0.05, 0.1) is 0 Å². The van der Waals surface area contributed by atoms with Crippen LogP contribution < -0.4 is 5.32 Å². The summed E-state index contributed by atoms with van der Waals surface area (Å²) in [7, 11) is 0. The Morgan fingerprint density at radius 3 is 1.45 bits per heavy atom. The normalized spacial score (nSPS) is 7.27. The maximum Gasteiger partial charge on any atom is 0.129 e. The van der Waals surface area contributed by atoms with Crippen LogP contribution in [0.3, 0.4) is 0 Å². The van der Waals surface area contributed by atoms with Crippen LogP contribution in [-0.4, -0.2) is 18.9 Å². The molecule has 11 heavy (non-hydrogen) atoms. The minimum atomic E-state index is 0. The monoisotopic (exact) mass is 179 g/mol. The fourth-order valence-corrected chi connectivity index (χ4v) is 0.250. The molecule has 0 aliphatic rings. The van der Waals surface area contributed by atoms with Gasteiger partial charge in [0.2, 0.25) is 0 Å². The van der Waals surface area contributed by atoms with Crippen LogP contribution in [0.4, 0.5) is 0 Å². The van der Waals surface area contributed by atoms with Crippen molar-refractivity contribution in [3.63, 3.8) is 0 Å². The van der Waals surface area contributed by atoms with Gasteiger partial charge in [-0.05, 0) is 20.0 Å². The molecule has 0 bridgehead atoms. The number of hydrogen-bond donors (Lipinski definition) is 1. The Bertz CT molecular complexity index is 74.5. The molecule has 0 aliphatic heterocycles. The van der Waals surface area contributed by atoms with E-state index in [1.54, 1.807) is 6.92 Å². The van der Waals surface area contributed by atoms with Crippen molar-refractivity contribution in [2.45, 2.75) is 34.1 Å². The first-order chi connectivity index (χ1) is 4.68.